The minimum atomic E-state index is -0.728. The summed E-state index contributed by atoms with van der Waals surface area (Å²) in [6.07, 6.45) is 1.40. The summed E-state index contributed by atoms with van der Waals surface area (Å²) in [6, 6.07) is 3.76. The molecule has 0 amide bonds. The Morgan fingerprint density at radius 1 is 1.17 bits per heavy atom. The lowest BCUT2D eigenvalue weighted by atomic mass is 9.72. The van der Waals surface area contributed by atoms with Crippen LogP contribution in [0.15, 0.2) is 12.1 Å². The second kappa shape index (κ2) is 9.84. The summed E-state index contributed by atoms with van der Waals surface area (Å²) in [7, 11) is 0. The Bertz CT molecular complexity index is 805. The van der Waals surface area contributed by atoms with E-state index in [1.54, 1.807) is 0 Å². The SMILES string of the molecule is CC(=O)CC(=O)C(CO)C(CCO)CC1CC(=O)c2c(ccc(C(C)(C)C)c2O)C1. The Hall–Kier alpha value is -2.05. The van der Waals surface area contributed by atoms with Gasteiger partial charge in [0.25, 0.3) is 0 Å². The third kappa shape index (κ3) is 5.55. The minimum Gasteiger partial charge on any atom is -0.507 e. The maximum absolute atomic E-state index is 12.9. The molecule has 30 heavy (non-hydrogen) atoms. The van der Waals surface area contributed by atoms with Gasteiger partial charge in [0.2, 0.25) is 0 Å². The second-order valence-electron chi connectivity index (χ2n) is 9.59. The molecule has 0 radical (unpaired) electrons. The minimum absolute atomic E-state index is 0.0550. The van der Waals surface area contributed by atoms with Crippen molar-refractivity contribution in [2.24, 2.45) is 17.8 Å². The van der Waals surface area contributed by atoms with Gasteiger partial charge in [-0.15, -0.1) is 0 Å². The van der Waals surface area contributed by atoms with Crippen molar-refractivity contribution in [3.63, 3.8) is 0 Å². The zero-order valence-corrected chi connectivity index (χ0v) is 18.4. The van der Waals surface area contributed by atoms with Crippen molar-refractivity contribution in [3.05, 3.63) is 28.8 Å². The number of Topliss-reactive ketones (excluding diaryl/α,β-unsaturated/α-hetero) is 3. The Morgan fingerprint density at radius 2 is 1.83 bits per heavy atom. The molecule has 1 aromatic rings. The van der Waals surface area contributed by atoms with Gasteiger partial charge in [-0.1, -0.05) is 32.9 Å². The Balaban J connectivity index is 2.25. The molecule has 6 heteroatoms. The number of ketones is 3. The number of aromatic hydroxyl groups is 1. The number of phenolic OH excluding ortho intramolecular Hbond substituents is 1. The van der Waals surface area contributed by atoms with Crippen molar-refractivity contribution in [1.82, 2.24) is 0 Å². The molecule has 1 aliphatic carbocycles. The highest BCUT2D eigenvalue weighted by Gasteiger charge is 2.35. The molecule has 0 aromatic heterocycles. The first-order valence-corrected chi connectivity index (χ1v) is 10.6. The largest absolute Gasteiger partial charge is 0.507 e. The molecule has 0 spiro atoms. The summed E-state index contributed by atoms with van der Waals surface area (Å²) in [5.74, 6) is -1.74. The highest BCUT2D eigenvalue weighted by Crippen LogP contribution is 2.41. The number of hydrogen-bond donors (Lipinski definition) is 3. The van der Waals surface area contributed by atoms with E-state index in [1.165, 1.54) is 6.92 Å². The summed E-state index contributed by atoms with van der Waals surface area (Å²) in [4.78, 5) is 36.6. The van der Waals surface area contributed by atoms with E-state index in [2.05, 4.69) is 0 Å². The molecule has 0 heterocycles. The summed E-state index contributed by atoms with van der Waals surface area (Å²) >= 11 is 0. The molecule has 2 rings (SSSR count). The van der Waals surface area contributed by atoms with Crippen molar-refractivity contribution in [2.45, 2.75) is 65.2 Å². The molecule has 6 nitrogen and oxygen atoms in total. The fourth-order valence-corrected chi connectivity index (χ4v) is 4.60. The highest BCUT2D eigenvalue weighted by atomic mass is 16.3. The van der Waals surface area contributed by atoms with Gasteiger partial charge in [0.05, 0.1) is 18.6 Å². The average molecular weight is 419 g/mol. The first-order valence-electron chi connectivity index (χ1n) is 10.6. The van der Waals surface area contributed by atoms with Crippen LogP contribution in [-0.4, -0.2) is 45.9 Å². The van der Waals surface area contributed by atoms with Gasteiger partial charge in [0, 0.05) is 18.9 Å². The lowest BCUT2D eigenvalue weighted by molar-refractivity contribution is -0.131. The first kappa shape index (κ1) is 24.2. The lowest BCUT2D eigenvalue weighted by Gasteiger charge is -2.32. The summed E-state index contributed by atoms with van der Waals surface area (Å²) in [5, 5.41) is 30.0. The number of benzene rings is 1. The van der Waals surface area contributed by atoms with Gasteiger partial charge in [-0.25, -0.2) is 0 Å². The molecule has 1 aliphatic rings. The second-order valence-corrected chi connectivity index (χ2v) is 9.59. The summed E-state index contributed by atoms with van der Waals surface area (Å²) in [5.41, 5.74) is 1.64. The van der Waals surface area contributed by atoms with Crippen LogP contribution in [-0.2, 0) is 21.4 Å². The van der Waals surface area contributed by atoms with E-state index in [1.807, 2.05) is 32.9 Å². The Morgan fingerprint density at radius 3 is 2.37 bits per heavy atom. The van der Waals surface area contributed by atoms with Crippen molar-refractivity contribution < 1.29 is 29.7 Å². The van der Waals surface area contributed by atoms with Crippen LogP contribution in [0.3, 0.4) is 0 Å². The van der Waals surface area contributed by atoms with Gasteiger partial charge in [-0.3, -0.25) is 14.4 Å². The van der Waals surface area contributed by atoms with Gasteiger partial charge in [-0.05, 0) is 54.6 Å². The van der Waals surface area contributed by atoms with E-state index in [0.717, 1.165) is 11.1 Å². The smallest absolute Gasteiger partial charge is 0.167 e. The third-order valence-corrected chi connectivity index (χ3v) is 6.07. The number of carbonyl (C=O) groups excluding carboxylic acids is 3. The van der Waals surface area contributed by atoms with Gasteiger partial charge in [0.1, 0.15) is 17.3 Å². The third-order valence-electron chi connectivity index (χ3n) is 6.07. The molecule has 3 atom stereocenters. The van der Waals surface area contributed by atoms with E-state index in [0.29, 0.717) is 24.8 Å². The number of aliphatic hydroxyl groups is 2. The van der Waals surface area contributed by atoms with E-state index >= 15 is 0 Å². The van der Waals surface area contributed by atoms with Crippen LogP contribution >= 0.6 is 0 Å². The van der Waals surface area contributed by atoms with Crippen molar-refractivity contribution >= 4 is 17.3 Å². The average Bonchev–Trinajstić information content (AvgIpc) is 2.60. The number of carbonyl (C=O) groups is 3. The van der Waals surface area contributed by atoms with E-state index in [4.69, 9.17) is 0 Å². The molecule has 1 aromatic carbocycles. The van der Waals surface area contributed by atoms with Crippen LogP contribution in [0.5, 0.6) is 5.75 Å². The fraction of sp³-hybridized carbons (Fsp3) is 0.625. The van der Waals surface area contributed by atoms with Gasteiger partial charge < -0.3 is 15.3 Å². The monoisotopic (exact) mass is 418 g/mol. The molecule has 0 saturated carbocycles. The number of aliphatic hydroxyl groups excluding tert-OH is 2. The van der Waals surface area contributed by atoms with Crippen LogP contribution in [0.2, 0.25) is 0 Å². The van der Waals surface area contributed by atoms with Gasteiger partial charge in [-0.2, -0.15) is 0 Å². The molecule has 0 aliphatic heterocycles. The molecule has 3 unspecified atom stereocenters. The van der Waals surface area contributed by atoms with Gasteiger partial charge in [0.15, 0.2) is 5.78 Å². The molecule has 0 fully saturated rings. The number of phenols is 1. The quantitative estimate of drug-likeness (QED) is 0.532. The number of hydrogen-bond acceptors (Lipinski definition) is 6. The van der Waals surface area contributed by atoms with Crippen molar-refractivity contribution in [2.75, 3.05) is 13.2 Å². The zero-order valence-electron chi connectivity index (χ0n) is 18.4. The zero-order chi connectivity index (χ0) is 22.6. The summed E-state index contributed by atoms with van der Waals surface area (Å²) in [6.45, 7) is 6.76. The molecule has 166 valence electrons. The fourth-order valence-electron chi connectivity index (χ4n) is 4.60. The highest BCUT2D eigenvalue weighted by molar-refractivity contribution is 6.01. The molecule has 3 N–H and O–H groups in total. The normalized spacial score (nSPS) is 18.6. The molecular formula is C24H34O6. The van der Waals surface area contributed by atoms with Crippen molar-refractivity contribution in [1.29, 1.82) is 0 Å². The maximum Gasteiger partial charge on any atom is 0.167 e. The van der Waals surface area contributed by atoms with Crippen LogP contribution in [0.25, 0.3) is 0 Å². The van der Waals surface area contributed by atoms with Crippen LogP contribution in [0, 0.1) is 17.8 Å². The molecule has 0 saturated heterocycles. The summed E-state index contributed by atoms with van der Waals surface area (Å²) < 4.78 is 0. The van der Waals surface area contributed by atoms with E-state index < -0.39 is 5.92 Å². The van der Waals surface area contributed by atoms with Crippen LogP contribution in [0.1, 0.15) is 74.9 Å². The van der Waals surface area contributed by atoms with Gasteiger partial charge >= 0.3 is 0 Å². The topological polar surface area (TPSA) is 112 Å². The van der Waals surface area contributed by atoms with Crippen LogP contribution in [0.4, 0.5) is 0 Å². The van der Waals surface area contributed by atoms with Crippen molar-refractivity contribution in [3.8, 4) is 5.75 Å². The van der Waals surface area contributed by atoms with Crippen LogP contribution < -0.4 is 0 Å². The van der Waals surface area contributed by atoms with E-state index in [-0.39, 0.29) is 66.4 Å². The predicted octanol–water partition coefficient (Wildman–Crippen LogP) is 2.98. The Kier molecular flexibility index (Phi) is 7.94. The number of rotatable bonds is 9. The predicted molar refractivity (Wildman–Crippen MR) is 114 cm³/mol. The molecular weight excluding hydrogens is 384 g/mol. The Labute approximate surface area is 178 Å². The first-order chi connectivity index (χ1) is 14.0. The maximum atomic E-state index is 12.9. The van der Waals surface area contributed by atoms with E-state index in [9.17, 15) is 29.7 Å². The lowest BCUT2D eigenvalue weighted by Crippen LogP contribution is -2.32. The molecule has 0 bridgehead atoms. The number of fused-ring (bicyclic) bond motifs is 1. The standard InChI is InChI=1S/C24H34O6/c1-14(27)9-20(28)18(13-26)16(7-8-25)10-15-11-17-5-6-19(24(2,3)4)23(30)22(17)21(29)12-15/h5-6,15-16,18,25-26,30H,7-13H2,1-4H3.